The number of carbonyl (C=O) groups excluding carboxylic acids is 1. The van der Waals surface area contributed by atoms with Crippen molar-refractivity contribution in [2.75, 3.05) is 13.7 Å². The Kier molecular flexibility index (Phi) is 7.79. The van der Waals surface area contributed by atoms with Crippen molar-refractivity contribution in [2.45, 2.75) is 17.8 Å². The molecule has 3 rings (SSSR count). The van der Waals surface area contributed by atoms with Gasteiger partial charge in [-0.15, -0.1) is 0 Å². The summed E-state index contributed by atoms with van der Waals surface area (Å²) in [6.07, 6.45) is 1.52. The molecule has 0 saturated carbocycles. The second kappa shape index (κ2) is 11.0. The van der Waals surface area contributed by atoms with Gasteiger partial charge in [-0.3, -0.25) is 4.79 Å². The standard InChI is InChI=1S/C22H22N4O3S/c1-16-12-21(25-22(24-16)30-15-17-8-4-3-5-9-17)29-14-20(27)26-23-13-18-10-6-7-11-19(18)28-2/h3-13H,14-15H2,1-2H3,(H,26,27)/b23-13-. The van der Waals surface area contributed by atoms with Gasteiger partial charge in [0.05, 0.1) is 13.3 Å². The first kappa shape index (κ1) is 21.3. The van der Waals surface area contributed by atoms with Crippen LogP contribution in [-0.4, -0.2) is 35.8 Å². The van der Waals surface area contributed by atoms with Crippen LogP contribution in [0.25, 0.3) is 0 Å². The van der Waals surface area contributed by atoms with E-state index in [-0.39, 0.29) is 6.61 Å². The second-order valence-corrected chi connectivity index (χ2v) is 7.17. The Labute approximate surface area is 179 Å². The number of rotatable bonds is 9. The second-order valence-electron chi connectivity index (χ2n) is 6.23. The number of hydrogen-bond acceptors (Lipinski definition) is 7. The highest BCUT2D eigenvalue weighted by molar-refractivity contribution is 7.98. The number of hydrogen-bond donors (Lipinski definition) is 1. The minimum Gasteiger partial charge on any atom is -0.496 e. The van der Waals surface area contributed by atoms with Crippen LogP contribution in [0.5, 0.6) is 11.6 Å². The summed E-state index contributed by atoms with van der Waals surface area (Å²) in [6.45, 7) is 1.65. The van der Waals surface area contributed by atoms with E-state index in [0.29, 0.717) is 16.8 Å². The molecular formula is C22H22N4O3S. The van der Waals surface area contributed by atoms with E-state index in [2.05, 4.69) is 32.6 Å². The van der Waals surface area contributed by atoms with Gasteiger partial charge >= 0.3 is 0 Å². The summed E-state index contributed by atoms with van der Waals surface area (Å²) in [5.74, 6) is 1.38. The van der Waals surface area contributed by atoms with Crippen LogP contribution < -0.4 is 14.9 Å². The summed E-state index contributed by atoms with van der Waals surface area (Å²) in [4.78, 5) is 20.8. The molecule has 2 aromatic carbocycles. The predicted molar refractivity (Wildman–Crippen MR) is 117 cm³/mol. The summed E-state index contributed by atoms with van der Waals surface area (Å²) in [7, 11) is 1.58. The van der Waals surface area contributed by atoms with E-state index in [1.165, 1.54) is 23.5 Å². The Bertz CT molecular complexity index is 1010. The van der Waals surface area contributed by atoms with Crippen LogP contribution in [0.1, 0.15) is 16.8 Å². The number of para-hydroxylation sites is 1. The van der Waals surface area contributed by atoms with Crippen molar-refractivity contribution in [2.24, 2.45) is 5.10 Å². The zero-order valence-corrected chi connectivity index (χ0v) is 17.6. The fraction of sp³-hybridized carbons (Fsp3) is 0.182. The first-order valence-electron chi connectivity index (χ1n) is 9.24. The first-order valence-corrected chi connectivity index (χ1v) is 10.2. The Morgan fingerprint density at radius 3 is 2.70 bits per heavy atom. The van der Waals surface area contributed by atoms with Gasteiger partial charge in [0.25, 0.3) is 5.91 Å². The lowest BCUT2D eigenvalue weighted by Crippen LogP contribution is -2.25. The van der Waals surface area contributed by atoms with Crippen LogP contribution in [0.2, 0.25) is 0 Å². The fourth-order valence-corrected chi connectivity index (χ4v) is 3.34. The summed E-state index contributed by atoms with van der Waals surface area (Å²) >= 11 is 1.51. The zero-order chi connectivity index (χ0) is 21.2. The largest absolute Gasteiger partial charge is 0.496 e. The SMILES string of the molecule is COc1ccccc1/C=N\NC(=O)COc1cc(C)nc(SCc2ccccc2)n1. The predicted octanol–water partition coefficient (Wildman–Crippen LogP) is 3.62. The third-order valence-corrected chi connectivity index (χ3v) is 4.82. The first-order chi connectivity index (χ1) is 14.6. The molecule has 1 aromatic heterocycles. The molecule has 0 bridgehead atoms. The molecular weight excluding hydrogens is 400 g/mol. The van der Waals surface area contributed by atoms with Crippen LogP contribution in [0, 0.1) is 6.92 Å². The number of aromatic nitrogens is 2. The number of hydrazone groups is 1. The lowest BCUT2D eigenvalue weighted by atomic mass is 10.2. The molecule has 154 valence electrons. The highest BCUT2D eigenvalue weighted by atomic mass is 32.2. The van der Waals surface area contributed by atoms with Gasteiger partial charge < -0.3 is 9.47 Å². The minimum atomic E-state index is -0.393. The molecule has 0 saturated heterocycles. The van der Waals surface area contributed by atoms with Gasteiger partial charge in [-0.25, -0.2) is 10.4 Å². The average Bonchev–Trinajstić information content (AvgIpc) is 2.77. The van der Waals surface area contributed by atoms with Crippen molar-refractivity contribution < 1.29 is 14.3 Å². The Hall–Kier alpha value is -3.39. The van der Waals surface area contributed by atoms with Gasteiger partial charge in [-0.05, 0) is 24.6 Å². The highest BCUT2D eigenvalue weighted by Crippen LogP contribution is 2.22. The molecule has 0 atom stereocenters. The summed E-state index contributed by atoms with van der Waals surface area (Å²) in [5, 5.41) is 4.54. The van der Waals surface area contributed by atoms with Crippen LogP contribution >= 0.6 is 11.8 Å². The summed E-state index contributed by atoms with van der Waals surface area (Å²) in [6, 6.07) is 19.1. The highest BCUT2D eigenvalue weighted by Gasteiger charge is 2.07. The van der Waals surface area contributed by atoms with Crippen molar-refractivity contribution in [1.82, 2.24) is 15.4 Å². The molecule has 3 aromatic rings. The molecule has 0 aliphatic heterocycles. The zero-order valence-electron chi connectivity index (χ0n) is 16.7. The number of methoxy groups -OCH3 is 1. The molecule has 30 heavy (non-hydrogen) atoms. The lowest BCUT2D eigenvalue weighted by molar-refractivity contribution is -0.123. The van der Waals surface area contributed by atoms with E-state index in [0.717, 1.165) is 17.0 Å². The molecule has 0 aliphatic rings. The van der Waals surface area contributed by atoms with Crippen LogP contribution in [0.4, 0.5) is 0 Å². The number of nitrogens with one attached hydrogen (secondary N) is 1. The topological polar surface area (TPSA) is 85.7 Å². The Balaban J connectivity index is 1.51. The van der Waals surface area contributed by atoms with Gasteiger partial charge in [0, 0.05) is 23.1 Å². The van der Waals surface area contributed by atoms with E-state index >= 15 is 0 Å². The van der Waals surface area contributed by atoms with Crippen molar-refractivity contribution in [1.29, 1.82) is 0 Å². The van der Waals surface area contributed by atoms with E-state index in [9.17, 15) is 4.79 Å². The maximum atomic E-state index is 12.0. The number of carbonyl (C=O) groups is 1. The number of ether oxygens (including phenoxy) is 2. The average molecular weight is 423 g/mol. The van der Waals surface area contributed by atoms with Gasteiger partial charge in [-0.2, -0.15) is 10.1 Å². The van der Waals surface area contributed by atoms with E-state index in [4.69, 9.17) is 9.47 Å². The van der Waals surface area contributed by atoms with Gasteiger partial charge in [0.15, 0.2) is 11.8 Å². The lowest BCUT2D eigenvalue weighted by Gasteiger charge is -2.07. The third-order valence-electron chi connectivity index (χ3n) is 3.90. The molecule has 0 spiro atoms. The molecule has 1 N–H and O–H groups in total. The van der Waals surface area contributed by atoms with Crippen molar-refractivity contribution in [3.8, 4) is 11.6 Å². The molecule has 8 heteroatoms. The monoisotopic (exact) mass is 422 g/mol. The maximum absolute atomic E-state index is 12.0. The Morgan fingerprint density at radius 1 is 1.13 bits per heavy atom. The van der Waals surface area contributed by atoms with Crippen molar-refractivity contribution >= 4 is 23.9 Å². The number of aryl methyl sites for hydroxylation is 1. The number of thioether (sulfide) groups is 1. The summed E-state index contributed by atoms with van der Waals surface area (Å²) < 4.78 is 10.7. The smallest absolute Gasteiger partial charge is 0.278 e. The van der Waals surface area contributed by atoms with Crippen molar-refractivity contribution in [3.63, 3.8) is 0 Å². The summed E-state index contributed by atoms with van der Waals surface area (Å²) in [5.41, 5.74) is 5.14. The molecule has 7 nitrogen and oxygen atoms in total. The van der Waals surface area contributed by atoms with Gasteiger partial charge in [-0.1, -0.05) is 54.2 Å². The number of nitrogens with zero attached hydrogens (tertiary/aromatic N) is 3. The van der Waals surface area contributed by atoms with E-state index in [1.54, 1.807) is 13.2 Å². The fourth-order valence-electron chi connectivity index (χ4n) is 2.49. The van der Waals surface area contributed by atoms with Crippen LogP contribution in [0.15, 0.2) is 70.9 Å². The van der Waals surface area contributed by atoms with E-state index < -0.39 is 5.91 Å². The quantitative estimate of drug-likeness (QED) is 0.245. The van der Waals surface area contributed by atoms with E-state index in [1.807, 2.05) is 49.4 Å². The molecule has 0 aliphatic carbocycles. The maximum Gasteiger partial charge on any atom is 0.278 e. The molecule has 0 fully saturated rings. The van der Waals surface area contributed by atoms with Crippen LogP contribution in [0.3, 0.4) is 0 Å². The molecule has 0 radical (unpaired) electrons. The van der Waals surface area contributed by atoms with Crippen molar-refractivity contribution in [3.05, 3.63) is 77.5 Å². The normalized spacial score (nSPS) is 10.7. The number of amides is 1. The Morgan fingerprint density at radius 2 is 1.90 bits per heavy atom. The van der Waals surface area contributed by atoms with Crippen LogP contribution in [-0.2, 0) is 10.5 Å². The number of benzene rings is 2. The van der Waals surface area contributed by atoms with Gasteiger partial charge in [0.1, 0.15) is 5.75 Å². The third kappa shape index (κ3) is 6.59. The molecule has 0 unspecified atom stereocenters. The van der Waals surface area contributed by atoms with Gasteiger partial charge in [0.2, 0.25) is 5.88 Å². The molecule has 1 heterocycles. The minimum absolute atomic E-state index is 0.206. The molecule has 1 amide bonds.